The third-order valence-electron chi connectivity index (χ3n) is 4.40. The molecule has 128 valence electrons. The van der Waals surface area contributed by atoms with E-state index in [9.17, 15) is 9.59 Å². The largest absolute Gasteiger partial charge is 0.478 e. The Morgan fingerprint density at radius 1 is 1.08 bits per heavy atom. The Labute approximate surface area is 141 Å². The number of hydrogen-bond acceptors (Lipinski definition) is 3. The molecule has 1 heterocycles. The maximum Gasteiger partial charge on any atom is 0.328 e. The van der Waals surface area contributed by atoms with Crippen molar-refractivity contribution in [2.24, 2.45) is 5.92 Å². The van der Waals surface area contributed by atoms with E-state index >= 15 is 0 Å². The second-order valence-corrected chi connectivity index (χ2v) is 6.18. The van der Waals surface area contributed by atoms with E-state index in [-0.39, 0.29) is 0 Å². The molecule has 1 aliphatic heterocycles. The van der Waals surface area contributed by atoms with Crippen molar-refractivity contribution in [1.29, 1.82) is 0 Å². The maximum atomic E-state index is 9.55. The highest BCUT2D eigenvalue weighted by molar-refractivity contribution is 5.89. The molecule has 0 bridgehead atoms. The molecule has 1 aliphatic carbocycles. The van der Waals surface area contributed by atoms with Crippen molar-refractivity contribution in [3.05, 3.63) is 53.1 Å². The maximum absolute atomic E-state index is 9.55. The van der Waals surface area contributed by atoms with Gasteiger partial charge in [0.25, 0.3) is 0 Å². The quantitative estimate of drug-likeness (QED) is 0.834. The molecule has 5 heteroatoms. The highest BCUT2D eigenvalue weighted by atomic mass is 16.4. The van der Waals surface area contributed by atoms with E-state index in [2.05, 4.69) is 42.3 Å². The summed E-state index contributed by atoms with van der Waals surface area (Å²) in [6, 6.07) is 8.82. The number of hydrogen-bond donors (Lipinski definition) is 2. The lowest BCUT2D eigenvalue weighted by Crippen LogP contribution is -2.30. The van der Waals surface area contributed by atoms with E-state index in [0.29, 0.717) is 12.2 Å². The van der Waals surface area contributed by atoms with E-state index in [4.69, 9.17) is 10.2 Å². The van der Waals surface area contributed by atoms with Crippen LogP contribution in [-0.2, 0) is 16.0 Å². The van der Waals surface area contributed by atoms with E-state index in [1.54, 1.807) is 5.57 Å². The monoisotopic (exact) mass is 329 g/mol. The lowest BCUT2D eigenvalue weighted by Gasteiger charge is -2.29. The summed E-state index contributed by atoms with van der Waals surface area (Å²) in [5, 5.41) is 15.6. The van der Waals surface area contributed by atoms with Gasteiger partial charge in [0.2, 0.25) is 0 Å². The number of carboxylic acids is 2. The summed E-state index contributed by atoms with van der Waals surface area (Å²) in [6.07, 6.45) is 7.44. The van der Waals surface area contributed by atoms with Crippen molar-refractivity contribution in [2.45, 2.75) is 19.3 Å². The van der Waals surface area contributed by atoms with Gasteiger partial charge in [-0.2, -0.15) is 0 Å². The Bertz CT molecular complexity index is 639. The van der Waals surface area contributed by atoms with Crippen LogP contribution in [0.3, 0.4) is 0 Å². The molecule has 2 N–H and O–H groups in total. The van der Waals surface area contributed by atoms with Gasteiger partial charge >= 0.3 is 11.9 Å². The SMILES string of the molecule is CN1CCC(C2=Cc3ccccc3C2)CC1.O=C(O)/C=C/C(=O)O. The molecule has 0 atom stereocenters. The van der Waals surface area contributed by atoms with Crippen LogP contribution in [0, 0.1) is 5.92 Å². The van der Waals surface area contributed by atoms with Gasteiger partial charge in [-0.1, -0.05) is 35.9 Å². The summed E-state index contributed by atoms with van der Waals surface area (Å²) in [4.78, 5) is 21.6. The molecule has 0 spiro atoms. The fraction of sp³-hybridized carbons (Fsp3) is 0.368. The number of carbonyl (C=O) groups is 2. The van der Waals surface area contributed by atoms with E-state index in [1.807, 2.05) is 0 Å². The average Bonchev–Trinajstić information content (AvgIpc) is 2.98. The Kier molecular flexibility index (Phi) is 6.32. The van der Waals surface area contributed by atoms with Gasteiger partial charge in [-0.15, -0.1) is 0 Å². The van der Waals surface area contributed by atoms with Crippen LogP contribution in [-0.4, -0.2) is 47.2 Å². The molecule has 1 fully saturated rings. The van der Waals surface area contributed by atoms with Crippen LogP contribution >= 0.6 is 0 Å². The third-order valence-corrected chi connectivity index (χ3v) is 4.40. The number of benzene rings is 1. The minimum atomic E-state index is -1.26. The number of nitrogens with zero attached hydrogens (tertiary/aromatic N) is 1. The second kappa shape index (κ2) is 8.45. The van der Waals surface area contributed by atoms with Gasteiger partial charge in [-0.25, -0.2) is 9.59 Å². The van der Waals surface area contributed by atoms with Crippen LogP contribution in [0.25, 0.3) is 6.08 Å². The third kappa shape index (κ3) is 5.35. The Hall–Kier alpha value is -2.40. The van der Waals surface area contributed by atoms with Crippen molar-refractivity contribution in [3.63, 3.8) is 0 Å². The highest BCUT2D eigenvalue weighted by Gasteiger charge is 2.23. The van der Waals surface area contributed by atoms with Crippen molar-refractivity contribution in [2.75, 3.05) is 20.1 Å². The van der Waals surface area contributed by atoms with E-state index in [1.165, 1.54) is 43.5 Å². The predicted octanol–water partition coefficient (Wildman–Crippen LogP) is 2.68. The normalized spacial score (nSPS) is 17.8. The first kappa shape index (κ1) is 17.9. The minimum absolute atomic E-state index is 0.558. The molecule has 0 aromatic heterocycles. The van der Waals surface area contributed by atoms with Gasteiger partial charge in [0.1, 0.15) is 0 Å². The van der Waals surface area contributed by atoms with Crippen LogP contribution in [0.1, 0.15) is 24.0 Å². The van der Waals surface area contributed by atoms with Gasteiger partial charge in [-0.3, -0.25) is 0 Å². The molecule has 24 heavy (non-hydrogen) atoms. The summed E-state index contributed by atoms with van der Waals surface area (Å²) >= 11 is 0. The number of piperidine rings is 1. The molecule has 0 amide bonds. The predicted molar refractivity (Wildman–Crippen MR) is 92.8 cm³/mol. The zero-order valence-electron chi connectivity index (χ0n) is 13.8. The first-order valence-electron chi connectivity index (χ1n) is 8.06. The molecular weight excluding hydrogens is 306 g/mol. The molecule has 0 saturated carbocycles. The van der Waals surface area contributed by atoms with Crippen LogP contribution in [0.5, 0.6) is 0 Å². The minimum Gasteiger partial charge on any atom is -0.478 e. The van der Waals surface area contributed by atoms with E-state index in [0.717, 1.165) is 5.92 Å². The highest BCUT2D eigenvalue weighted by Crippen LogP contribution is 2.34. The summed E-state index contributed by atoms with van der Waals surface area (Å²) in [7, 11) is 2.23. The van der Waals surface area contributed by atoms with Crippen molar-refractivity contribution < 1.29 is 19.8 Å². The zero-order chi connectivity index (χ0) is 17.5. The molecule has 3 rings (SSSR count). The van der Waals surface area contributed by atoms with Crippen molar-refractivity contribution >= 4 is 18.0 Å². The Morgan fingerprint density at radius 3 is 2.21 bits per heavy atom. The number of allylic oxidation sites excluding steroid dienone is 1. The number of likely N-dealkylation sites (tertiary alicyclic amines) is 1. The van der Waals surface area contributed by atoms with E-state index < -0.39 is 11.9 Å². The molecule has 0 radical (unpaired) electrons. The summed E-state index contributed by atoms with van der Waals surface area (Å²) in [5.41, 5.74) is 4.65. The van der Waals surface area contributed by atoms with Crippen molar-refractivity contribution in [1.82, 2.24) is 4.90 Å². The van der Waals surface area contributed by atoms with Gasteiger partial charge in [0.05, 0.1) is 0 Å². The molecular formula is C19H23NO4. The second-order valence-electron chi connectivity index (χ2n) is 6.18. The molecule has 5 nitrogen and oxygen atoms in total. The Balaban J connectivity index is 0.000000224. The van der Waals surface area contributed by atoms with Gasteiger partial charge in [0.15, 0.2) is 0 Å². The van der Waals surface area contributed by atoms with Crippen LogP contribution in [0.2, 0.25) is 0 Å². The molecule has 2 aliphatic rings. The zero-order valence-corrected chi connectivity index (χ0v) is 13.8. The number of carboxylic acid groups (broad SMARTS) is 2. The van der Waals surface area contributed by atoms with Crippen LogP contribution in [0.15, 0.2) is 42.0 Å². The molecule has 0 unspecified atom stereocenters. The lowest BCUT2D eigenvalue weighted by molar-refractivity contribution is -0.134. The molecule has 1 aromatic rings. The topological polar surface area (TPSA) is 77.8 Å². The average molecular weight is 329 g/mol. The standard InChI is InChI=1S/C15H19N.C4H4O4/c1-16-8-6-12(7-9-16)15-10-13-4-2-3-5-14(13)11-15;5-3(6)1-2-4(7)8/h2-5,10,12H,6-9,11H2,1H3;1-2H,(H,5,6)(H,7,8)/b;2-1+. The first-order chi connectivity index (χ1) is 11.5. The first-order valence-corrected chi connectivity index (χ1v) is 8.06. The number of rotatable bonds is 3. The summed E-state index contributed by atoms with van der Waals surface area (Å²) < 4.78 is 0. The van der Waals surface area contributed by atoms with Gasteiger partial charge in [0, 0.05) is 12.2 Å². The van der Waals surface area contributed by atoms with Crippen LogP contribution < -0.4 is 0 Å². The Morgan fingerprint density at radius 2 is 1.67 bits per heavy atom. The fourth-order valence-electron chi connectivity index (χ4n) is 3.09. The fourth-order valence-corrected chi connectivity index (χ4v) is 3.09. The molecule has 1 saturated heterocycles. The smallest absolute Gasteiger partial charge is 0.328 e. The molecule has 1 aromatic carbocycles. The number of fused-ring (bicyclic) bond motifs is 1. The van der Waals surface area contributed by atoms with Crippen molar-refractivity contribution in [3.8, 4) is 0 Å². The van der Waals surface area contributed by atoms with Gasteiger partial charge in [-0.05, 0) is 56.4 Å². The summed E-state index contributed by atoms with van der Waals surface area (Å²) in [5.74, 6) is -1.68. The van der Waals surface area contributed by atoms with Gasteiger partial charge < -0.3 is 15.1 Å². The van der Waals surface area contributed by atoms with Crippen LogP contribution in [0.4, 0.5) is 0 Å². The lowest BCUT2D eigenvalue weighted by atomic mass is 9.88. The number of aliphatic carboxylic acids is 2. The summed E-state index contributed by atoms with van der Waals surface area (Å²) in [6.45, 7) is 2.52.